The molecule has 26 heavy (non-hydrogen) atoms. The van der Waals surface area contributed by atoms with Crippen LogP contribution in [0.25, 0.3) is 17.0 Å². The lowest BCUT2D eigenvalue weighted by atomic mass is 10.0. The van der Waals surface area contributed by atoms with Crippen molar-refractivity contribution < 1.29 is 0 Å². The fourth-order valence-corrected chi connectivity index (χ4v) is 2.79. The fraction of sp³-hybridized carbons (Fsp3) is 0.190. The molecule has 1 atom stereocenters. The average molecular weight is 345 g/mol. The van der Waals surface area contributed by atoms with Crippen LogP contribution in [0.4, 0.5) is 5.82 Å². The van der Waals surface area contributed by atoms with Gasteiger partial charge in [0.25, 0.3) is 0 Å². The van der Waals surface area contributed by atoms with Gasteiger partial charge in [0.2, 0.25) is 0 Å². The van der Waals surface area contributed by atoms with Gasteiger partial charge >= 0.3 is 0 Å². The largest absolute Gasteiger partial charge is 0.383 e. The molecule has 0 bridgehead atoms. The van der Waals surface area contributed by atoms with Crippen LogP contribution in [0.3, 0.4) is 0 Å². The van der Waals surface area contributed by atoms with Gasteiger partial charge < -0.3 is 10.6 Å². The molecule has 1 aliphatic rings. The van der Waals surface area contributed by atoms with Gasteiger partial charge in [-0.15, -0.1) is 0 Å². The highest BCUT2D eigenvalue weighted by Gasteiger charge is 2.14. The number of benzene rings is 1. The Hall–Kier alpha value is -3.21. The molecule has 2 N–H and O–H groups in total. The molecule has 2 heterocycles. The predicted octanol–water partition coefficient (Wildman–Crippen LogP) is 3.56. The summed E-state index contributed by atoms with van der Waals surface area (Å²) in [6.45, 7) is 5.93. The number of nitrogens with zero attached hydrogens (tertiary/aromatic N) is 4. The standard InChI is InChI=1S/C21H23N5/c1-5-15(13-26(3)4)16-7-6-8-17(11-16)21-23-12-18(20(22)25-21)19-10-9-14(2)24-19/h5-14H,1H2,2-4H3,(H2,22,23,25)/b15-13+. The summed E-state index contributed by atoms with van der Waals surface area (Å²) in [6, 6.07) is 8.21. The molecule has 0 radical (unpaired) electrons. The van der Waals surface area contributed by atoms with Crippen molar-refractivity contribution in [3.8, 4) is 11.4 Å². The van der Waals surface area contributed by atoms with Gasteiger partial charge in [-0.2, -0.15) is 0 Å². The minimum absolute atomic E-state index is 0.168. The zero-order chi connectivity index (χ0) is 18.7. The SMILES string of the molecule is C=C/C(=C\N(C)C)c1cccc(-c2ncc(C3=NC(C)C=C3)c(N)n2)c1. The number of nitrogen functional groups attached to an aromatic ring is 1. The summed E-state index contributed by atoms with van der Waals surface area (Å²) in [7, 11) is 3.97. The molecule has 1 aromatic heterocycles. The zero-order valence-electron chi connectivity index (χ0n) is 15.3. The van der Waals surface area contributed by atoms with E-state index in [1.165, 1.54) is 0 Å². The van der Waals surface area contributed by atoms with Gasteiger partial charge in [-0.05, 0) is 30.2 Å². The van der Waals surface area contributed by atoms with Crippen LogP contribution in [0.15, 0.2) is 66.5 Å². The van der Waals surface area contributed by atoms with E-state index >= 15 is 0 Å². The first-order chi connectivity index (χ1) is 12.5. The summed E-state index contributed by atoms with van der Waals surface area (Å²) in [5.74, 6) is 1.03. The van der Waals surface area contributed by atoms with Crippen LogP contribution in [0, 0.1) is 0 Å². The maximum absolute atomic E-state index is 6.17. The molecule has 1 unspecified atom stereocenters. The summed E-state index contributed by atoms with van der Waals surface area (Å²) < 4.78 is 0. The highest BCUT2D eigenvalue weighted by Crippen LogP contribution is 2.24. The Balaban J connectivity index is 1.96. The van der Waals surface area contributed by atoms with Crippen molar-refractivity contribution in [3.05, 3.63) is 72.6 Å². The number of anilines is 1. The van der Waals surface area contributed by atoms with E-state index in [1.54, 1.807) is 6.20 Å². The van der Waals surface area contributed by atoms with Crippen molar-refractivity contribution in [3.63, 3.8) is 0 Å². The second-order valence-electron chi connectivity index (χ2n) is 6.44. The van der Waals surface area contributed by atoms with Crippen molar-refractivity contribution >= 4 is 17.1 Å². The molecule has 3 rings (SSSR count). The Morgan fingerprint density at radius 1 is 1.31 bits per heavy atom. The van der Waals surface area contributed by atoms with Crippen molar-refractivity contribution in [1.82, 2.24) is 14.9 Å². The molecule has 1 aliphatic heterocycles. The fourth-order valence-electron chi connectivity index (χ4n) is 2.79. The minimum atomic E-state index is 0.168. The van der Waals surface area contributed by atoms with Crippen LogP contribution in [-0.2, 0) is 0 Å². The molecule has 5 nitrogen and oxygen atoms in total. The molecule has 5 heteroatoms. The van der Waals surface area contributed by atoms with Crippen molar-refractivity contribution in [1.29, 1.82) is 0 Å². The van der Waals surface area contributed by atoms with E-state index in [1.807, 2.05) is 74.6 Å². The lowest BCUT2D eigenvalue weighted by Gasteiger charge is -2.11. The molecule has 0 spiro atoms. The third-order valence-corrected chi connectivity index (χ3v) is 4.04. The van der Waals surface area contributed by atoms with Gasteiger partial charge in [-0.25, -0.2) is 9.97 Å². The van der Waals surface area contributed by atoms with Crippen LogP contribution in [-0.4, -0.2) is 40.7 Å². The van der Waals surface area contributed by atoms with E-state index in [0.29, 0.717) is 11.6 Å². The molecular weight excluding hydrogens is 322 g/mol. The highest BCUT2D eigenvalue weighted by molar-refractivity contribution is 6.12. The number of aliphatic imine (C=N–C) groups is 1. The van der Waals surface area contributed by atoms with Gasteiger partial charge in [0.1, 0.15) is 5.82 Å². The number of rotatable bonds is 5. The Kier molecular flexibility index (Phi) is 4.98. The monoisotopic (exact) mass is 345 g/mol. The molecule has 0 aliphatic carbocycles. The number of hydrogen-bond acceptors (Lipinski definition) is 5. The summed E-state index contributed by atoms with van der Waals surface area (Å²) in [4.78, 5) is 15.5. The van der Waals surface area contributed by atoms with E-state index in [0.717, 1.165) is 28.0 Å². The Bertz CT molecular complexity index is 922. The maximum Gasteiger partial charge on any atom is 0.161 e. The maximum atomic E-state index is 6.17. The molecular formula is C21H23N5. The zero-order valence-corrected chi connectivity index (χ0v) is 15.3. The Labute approximate surface area is 154 Å². The van der Waals surface area contributed by atoms with Gasteiger partial charge in [0, 0.05) is 32.1 Å². The van der Waals surface area contributed by atoms with E-state index < -0.39 is 0 Å². The quantitative estimate of drug-likeness (QED) is 0.841. The first-order valence-corrected chi connectivity index (χ1v) is 8.48. The summed E-state index contributed by atoms with van der Waals surface area (Å²) >= 11 is 0. The molecule has 0 saturated carbocycles. The van der Waals surface area contributed by atoms with Gasteiger partial charge in [-0.1, -0.05) is 36.9 Å². The first-order valence-electron chi connectivity index (χ1n) is 8.48. The van der Waals surface area contributed by atoms with E-state index in [4.69, 9.17) is 5.73 Å². The third kappa shape index (κ3) is 3.72. The first kappa shape index (κ1) is 17.6. The summed E-state index contributed by atoms with van der Waals surface area (Å²) in [5.41, 5.74) is 10.8. The lowest BCUT2D eigenvalue weighted by molar-refractivity contribution is 0.566. The summed E-state index contributed by atoms with van der Waals surface area (Å²) in [5, 5.41) is 0. The van der Waals surface area contributed by atoms with Crippen LogP contribution >= 0.6 is 0 Å². The van der Waals surface area contributed by atoms with Crippen LogP contribution in [0.5, 0.6) is 0 Å². The van der Waals surface area contributed by atoms with Crippen LogP contribution in [0.1, 0.15) is 18.1 Å². The van der Waals surface area contributed by atoms with Crippen molar-refractivity contribution in [2.75, 3.05) is 19.8 Å². The van der Waals surface area contributed by atoms with Gasteiger partial charge in [0.05, 0.1) is 17.3 Å². The van der Waals surface area contributed by atoms with Crippen LogP contribution in [0.2, 0.25) is 0 Å². The lowest BCUT2D eigenvalue weighted by Crippen LogP contribution is -2.06. The van der Waals surface area contributed by atoms with E-state index in [9.17, 15) is 0 Å². The molecule has 0 saturated heterocycles. The highest BCUT2D eigenvalue weighted by atomic mass is 15.0. The van der Waals surface area contributed by atoms with E-state index in [2.05, 4.69) is 21.5 Å². The van der Waals surface area contributed by atoms with Crippen LogP contribution < -0.4 is 5.73 Å². The Morgan fingerprint density at radius 2 is 2.12 bits per heavy atom. The molecule has 132 valence electrons. The number of hydrogen-bond donors (Lipinski definition) is 1. The molecule has 0 fully saturated rings. The number of nitrogens with two attached hydrogens (primary N) is 1. The Morgan fingerprint density at radius 3 is 2.73 bits per heavy atom. The minimum Gasteiger partial charge on any atom is -0.383 e. The third-order valence-electron chi connectivity index (χ3n) is 4.04. The molecule has 1 aromatic carbocycles. The van der Waals surface area contributed by atoms with Gasteiger partial charge in [-0.3, -0.25) is 4.99 Å². The number of aromatic nitrogens is 2. The smallest absolute Gasteiger partial charge is 0.161 e. The van der Waals surface area contributed by atoms with Crippen molar-refractivity contribution in [2.45, 2.75) is 13.0 Å². The number of allylic oxidation sites excluding steroid dienone is 3. The topological polar surface area (TPSA) is 67.4 Å². The summed E-state index contributed by atoms with van der Waals surface area (Å²) in [6.07, 6.45) is 9.59. The average Bonchev–Trinajstić information content (AvgIpc) is 3.05. The van der Waals surface area contributed by atoms with Crippen molar-refractivity contribution in [2.24, 2.45) is 4.99 Å². The second kappa shape index (κ2) is 7.35. The predicted molar refractivity (Wildman–Crippen MR) is 109 cm³/mol. The second-order valence-corrected chi connectivity index (χ2v) is 6.44. The van der Waals surface area contributed by atoms with E-state index in [-0.39, 0.29) is 6.04 Å². The molecule has 2 aromatic rings. The normalized spacial score (nSPS) is 16.5. The van der Waals surface area contributed by atoms with Gasteiger partial charge in [0.15, 0.2) is 5.82 Å². The molecule has 0 amide bonds.